The summed E-state index contributed by atoms with van der Waals surface area (Å²) < 4.78 is 0. The first-order chi connectivity index (χ1) is 9.17. The lowest BCUT2D eigenvalue weighted by Gasteiger charge is -2.06. The molecule has 0 spiro atoms. The maximum atomic E-state index is 11.9. The molecule has 0 bridgehead atoms. The third-order valence-electron chi connectivity index (χ3n) is 2.63. The fraction of sp³-hybridized carbons (Fsp3) is 0.0625. The Balaban J connectivity index is 2.03. The van der Waals surface area contributed by atoms with Gasteiger partial charge >= 0.3 is 0 Å². The maximum Gasteiger partial charge on any atom is 0.228 e. The first-order valence-electron chi connectivity index (χ1n) is 5.88. The lowest BCUT2D eigenvalue weighted by molar-refractivity contribution is -0.115. The van der Waals surface area contributed by atoms with Crippen LogP contribution in [-0.2, 0) is 11.2 Å². The molecule has 0 unspecified atom stereocenters. The van der Waals surface area contributed by atoms with Gasteiger partial charge in [0.1, 0.15) is 0 Å². The highest BCUT2D eigenvalue weighted by atomic mass is 16.1. The fourth-order valence-corrected chi connectivity index (χ4v) is 1.78. The molecule has 3 N–H and O–H groups in total. The summed E-state index contributed by atoms with van der Waals surface area (Å²) in [5.74, 6) is 2.43. The van der Waals surface area contributed by atoms with Crippen molar-refractivity contribution in [1.29, 1.82) is 0 Å². The molecule has 2 rings (SSSR count). The molecule has 0 atom stereocenters. The summed E-state index contributed by atoms with van der Waals surface area (Å²) in [6.07, 6.45) is 5.60. The van der Waals surface area contributed by atoms with Crippen LogP contribution in [-0.4, -0.2) is 5.91 Å². The Morgan fingerprint density at radius 3 is 2.74 bits per heavy atom. The van der Waals surface area contributed by atoms with Crippen molar-refractivity contribution in [3.8, 4) is 12.3 Å². The minimum Gasteiger partial charge on any atom is -0.399 e. The highest BCUT2D eigenvalue weighted by Gasteiger charge is 2.04. The van der Waals surface area contributed by atoms with E-state index in [9.17, 15) is 4.79 Å². The third-order valence-corrected chi connectivity index (χ3v) is 2.63. The van der Waals surface area contributed by atoms with Crippen molar-refractivity contribution >= 4 is 17.3 Å². The number of nitrogen functional groups attached to an aromatic ring is 1. The van der Waals surface area contributed by atoms with E-state index in [1.807, 2.05) is 24.3 Å². The predicted molar refractivity (Wildman–Crippen MR) is 77.6 cm³/mol. The molecule has 0 heterocycles. The second-order valence-corrected chi connectivity index (χ2v) is 4.20. The molecule has 1 amide bonds. The Labute approximate surface area is 112 Å². The SMILES string of the molecule is C#Cc1cccc(NC(=O)Cc2cccc(N)c2)c1. The van der Waals surface area contributed by atoms with Crippen LogP contribution in [0.15, 0.2) is 48.5 Å². The first-order valence-corrected chi connectivity index (χ1v) is 5.88. The van der Waals surface area contributed by atoms with Gasteiger partial charge in [-0.25, -0.2) is 0 Å². The highest BCUT2D eigenvalue weighted by Crippen LogP contribution is 2.12. The average molecular weight is 250 g/mol. The molecule has 0 aliphatic carbocycles. The zero-order valence-corrected chi connectivity index (χ0v) is 10.4. The largest absolute Gasteiger partial charge is 0.399 e. The van der Waals surface area contributed by atoms with Gasteiger partial charge in [-0.1, -0.05) is 24.1 Å². The van der Waals surface area contributed by atoms with Crippen molar-refractivity contribution < 1.29 is 4.79 Å². The van der Waals surface area contributed by atoms with Crippen LogP contribution in [0.2, 0.25) is 0 Å². The number of amides is 1. The maximum absolute atomic E-state index is 11.9. The molecule has 19 heavy (non-hydrogen) atoms. The highest BCUT2D eigenvalue weighted by molar-refractivity contribution is 5.92. The minimum absolute atomic E-state index is 0.0974. The van der Waals surface area contributed by atoms with Gasteiger partial charge < -0.3 is 11.1 Å². The van der Waals surface area contributed by atoms with Gasteiger partial charge in [-0.15, -0.1) is 6.42 Å². The Morgan fingerprint density at radius 1 is 1.21 bits per heavy atom. The zero-order chi connectivity index (χ0) is 13.7. The van der Waals surface area contributed by atoms with Gasteiger partial charge in [0.15, 0.2) is 0 Å². The average Bonchev–Trinajstić information content (AvgIpc) is 2.38. The summed E-state index contributed by atoms with van der Waals surface area (Å²) in [5, 5.41) is 2.81. The molecule has 0 saturated heterocycles. The van der Waals surface area contributed by atoms with Crippen molar-refractivity contribution in [3.63, 3.8) is 0 Å². The van der Waals surface area contributed by atoms with Gasteiger partial charge in [0.2, 0.25) is 5.91 Å². The van der Waals surface area contributed by atoms with Gasteiger partial charge in [0.25, 0.3) is 0 Å². The smallest absolute Gasteiger partial charge is 0.228 e. The summed E-state index contributed by atoms with van der Waals surface area (Å²) in [7, 11) is 0. The number of carbonyl (C=O) groups is 1. The van der Waals surface area contributed by atoms with Gasteiger partial charge in [-0.2, -0.15) is 0 Å². The number of nitrogens with two attached hydrogens (primary N) is 1. The second-order valence-electron chi connectivity index (χ2n) is 4.20. The fourth-order valence-electron chi connectivity index (χ4n) is 1.78. The van der Waals surface area contributed by atoms with Gasteiger partial charge in [0.05, 0.1) is 6.42 Å². The van der Waals surface area contributed by atoms with E-state index in [0.717, 1.165) is 11.1 Å². The van der Waals surface area contributed by atoms with Gasteiger partial charge in [-0.05, 0) is 35.9 Å². The minimum atomic E-state index is -0.0974. The molecule has 0 radical (unpaired) electrons. The molecule has 2 aromatic carbocycles. The Kier molecular flexibility index (Phi) is 3.84. The number of hydrogen-bond acceptors (Lipinski definition) is 2. The van der Waals surface area contributed by atoms with E-state index in [2.05, 4.69) is 11.2 Å². The van der Waals surface area contributed by atoms with E-state index in [4.69, 9.17) is 12.2 Å². The van der Waals surface area contributed by atoms with E-state index >= 15 is 0 Å². The third kappa shape index (κ3) is 3.62. The van der Waals surface area contributed by atoms with Crippen molar-refractivity contribution in [1.82, 2.24) is 0 Å². The molecule has 2 aromatic rings. The normalized spacial score (nSPS) is 9.63. The lowest BCUT2D eigenvalue weighted by Crippen LogP contribution is -2.14. The van der Waals surface area contributed by atoms with Gasteiger partial charge in [-0.3, -0.25) is 4.79 Å². The summed E-state index contributed by atoms with van der Waals surface area (Å²) in [6.45, 7) is 0. The van der Waals surface area contributed by atoms with Crippen LogP contribution >= 0.6 is 0 Å². The molecule has 0 aliphatic heterocycles. The van der Waals surface area contributed by atoms with Crippen molar-refractivity contribution in [3.05, 3.63) is 59.7 Å². The molecule has 3 nitrogen and oxygen atoms in total. The van der Waals surface area contributed by atoms with Crippen LogP contribution in [0.1, 0.15) is 11.1 Å². The summed E-state index contributed by atoms with van der Waals surface area (Å²) in [5.41, 5.74) is 8.64. The first kappa shape index (κ1) is 12.7. The van der Waals surface area contributed by atoms with Crippen molar-refractivity contribution in [2.75, 3.05) is 11.1 Å². The quantitative estimate of drug-likeness (QED) is 0.649. The number of terminal acetylenes is 1. The van der Waals surface area contributed by atoms with Crippen molar-refractivity contribution in [2.45, 2.75) is 6.42 Å². The Hall–Kier alpha value is -2.73. The predicted octanol–water partition coefficient (Wildman–Crippen LogP) is 2.43. The molecule has 0 aliphatic rings. The zero-order valence-electron chi connectivity index (χ0n) is 10.4. The summed E-state index contributed by atoms with van der Waals surface area (Å²) >= 11 is 0. The van der Waals surface area contributed by atoms with E-state index in [1.54, 1.807) is 24.3 Å². The lowest BCUT2D eigenvalue weighted by atomic mass is 10.1. The standard InChI is InChI=1S/C16H14N2O/c1-2-12-5-4-8-15(10-12)18-16(19)11-13-6-3-7-14(17)9-13/h1,3-10H,11,17H2,(H,18,19). The van der Waals surface area contributed by atoms with Crippen molar-refractivity contribution in [2.24, 2.45) is 0 Å². The summed E-state index contributed by atoms with van der Waals surface area (Å²) in [6, 6.07) is 14.5. The van der Waals surface area contributed by atoms with Crippen LogP contribution in [0, 0.1) is 12.3 Å². The molecular formula is C16H14N2O. The molecule has 3 heteroatoms. The molecule has 0 fully saturated rings. The molecule has 0 saturated carbocycles. The van der Waals surface area contributed by atoms with Crippen LogP contribution in [0.4, 0.5) is 11.4 Å². The Morgan fingerprint density at radius 2 is 2.00 bits per heavy atom. The Bertz CT molecular complexity index is 641. The molecule has 94 valence electrons. The number of benzene rings is 2. The van der Waals surface area contributed by atoms with E-state index < -0.39 is 0 Å². The van der Waals surface area contributed by atoms with Gasteiger partial charge in [0, 0.05) is 16.9 Å². The number of rotatable bonds is 3. The number of nitrogens with one attached hydrogen (secondary N) is 1. The van der Waals surface area contributed by atoms with Crippen LogP contribution < -0.4 is 11.1 Å². The monoisotopic (exact) mass is 250 g/mol. The van der Waals surface area contributed by atoms with E-state index in [0.29, 0.717) is 11.4 Å². The topological polar surface area (TPSA) is 55.1 Å². The number of carbonyl (C=O) groups excluding carboxylic acids is 1. The van der Waals surface area contributed by atoms with E-state index in [-0.39, 0.29) is 12.3 Å². The summed E-state index contributed by atoms with van der Waals surface area (Å²) in [4.78, 5) is 11.9. The number of anilines is 2. The van der Waals surface area contributed by atoms with Crippen LogP contribution in [0.3, 0.4) is 0 Å². The van der Waals surface area contributed by atoms with E-state index in [1.165, 1.54) is 0 Å². The molecule has 0 aromatic heterocycles. The number of hydrogen-bond donors (Lipinski definition) is 2. The molecular weight excluding hydrogens is 236 g/mol. The van der Waals surface area contributed by atoms with Crippen LogP contribution in [0.5, 0.6) is 0 Å². The second kappa shape index (κ2) is 5.74. The van der Waals surface area contributed by atoms with Crippen LogP contribution in [0.25, 0.3) is 0 Å².